The molecule has 128 valence electrons. The predicted molar refractivity (Wildman–Crippen MR) is 107 cm³/mol. The van der Waals surface area contributed by atoms with E-state index in [9.17, 15) is 4.79 Å². The molecule has 0 unspecified atom stereocenters. The molecule has 0 saturated heterocycles. The Morgan fingerprint density at radius 1 is 1.08 bits per heavy atom. The summed E-state index contributed by atoms with van der Waals surface area (Å²) in [4.78, 5) is 15.9. The minimum Gasteiger partial charge on any atom is -0.383 e. The number of carbonyl (C=O) groups excluding carboxylic acids is 1. The van der Waals surface area contributed by atoms with Gasteiger partial charge in [0.1, 0.15) is 5.84 Å². The van der Waals surface area contributed by atoms with E-state index in [0.29, 0.717) is 9.93 Å². The van der Waals surface area contributed by atoms with Gasteiger partial charge in [-0.05, 0) is 42.1 Å². The number of aliphatic imine (C=N–C) groups is 1. The maximum absolute atomic E-state index is 11.5. The lowest BCUT2D eigenvalue weighted by molar-refractivity contribution is 0.268. The van der Waals surface area contributed by atoms with Crippen LogP contribution in [0.4, 0.5) is 4.79 Å². The summed E-state index contributed by atoms with van der Waals surface area (Å²) in [5.41, 5.74) is 9.30. The Hall–Kier alpha value is -2.83. The largest absolute Gasteiger partial charge is 0.383 e. The number of rotatable bonds is 3. The molecule has 0 bridgehead atoms. The summed E-state index contributed by atoms with van der Waals surface area (Å²) < 4.78 is 1.80. The lowest BCUT2D eigenvalue weighted by atomic mass is 10.1. The topological polar surface area (TPSA) is 73.3 Å². The highest BCUT2D eigenvalue weighted by Crippen LogP contribution is 2.31. The van der Waals surface area contributed by atoms with Crippen molar-refractivity contribution in [1.29, 1.82) is 0 Å². The summed E-state index contributed by atoms with van der Waals surface area (Å²) in [6.45, 7) is 0. The van der Waals surface area contributed by atoms with Gasteiger partial charge >= 0.3 is 5.24 Å². The maximum atomic E-state index is 11.5. The average Bonchev–Trinajstić information content (AvgIpc) is 3.20. The molecule has 7 heteroatoms. The Labute approximate surface area is 159 Å². The number of hydrogen-bond donors (Lipinski definition) is 1. The van der Waals surface area contributed by atoms with Crippen LogP contribution in [-0.4, -0.2) is 20.9 Å². The second-order valence-electron chi connectivity index (χ2n) is 5.59. The van der Waals surface area contributed by atoms with E-state index in [2.05, 4.69) is 4.99 Å². The van der Waals surface area contributed by atoms with Crippen molar-refractivity contribution in [3.8, 4) is 16.9 Å². The van der Waals surface area contributed by atoms with Gasteiger partial charge in [-0.1, -0.05) is 41.9 Å². The van der Waals surface area contributed by atoms with Gasteiger partial charge in [0.15, 0.2) is 0 Å². The fourth-order valence-electron chi connectivity index (χ4n) is 2.61. The Morgan fingerprint density at radius 2 is 1.81 bits per heavy atom. The van der Waals surface area contributed by atoms with Crippen molar-refractivity contribution in [2.75, 3.05) is 0 Å². The van der Waals surface area contributed by atoms with E-state index in [-0.39, 0.29) is 11.1 Å². The number of benzene rings is 2. The number of para-hydroxylation sites is 1. The first-order valence-corrected chi connectivity index (χ1v) is 8.99. The van der Waals surface area contributed by atoms with Crippen LogP contribution in [0.25, 0.3) is 23.0 Å². The molecule has 26 heavy (non-hydrogen) atoms. The number of thioether (sulfide) groups is 1. The number of aromatic nitrogens is 2. The molecule has 1 aliphatic heterocycles. The van der Waals surface area contributed by atoms with E-state index in [4.69, 9.17) is 22.4 Å². The number of nitrogens with zero attached hydrogens (tertiary/aromatic N) is 3. The van der Waals surface area contributed by atoms with Crippen LogP contribution in [0.1, 0.15) is 5.56 Å². The van der Waals surface area contributed by atoms with Gasteiger partial charge in [0, 0.05) is 22.3 Å². The number of carbonyl (C=O) groups is 1. The van der Waals surface area contributed by atoms with Crippen molar-refractivity contribution < 1.29 is 4.79 Å². The smallest absolute Gasteiger partial charge is 0.311 e. The Morgan fingerprint density at radius 3 is 2.46 bits per heavy atom. The van der Waals surface area contributed by atoms with Crippen molar-refractivity contribution in [2.24, 2.45) is 10.7 Å². The molecule has 3 aromatic rings. The van der Waals surface area contributed by atoms with Crippen molar-refractivity contribution in [3.63, 3.8) is 0 Å². The van der Waals surface area contributed by atoms with E-state index in [1.54, 1.807) is 4.68 Å². The van der Waals surface area contributed by atoms with Gasteiger partial charge in [-0.15, -0.1) is 0 Å². The number of halogens is 1. The second-order valence-corrected chi connectivity index (χ2v) is 7.02. The molecule has 1 amide bonds. The third-order valence-corrected chi connectivity index (χ3v) is 4.89. The molecule has 0 fully saturated rings. The van der Waals surface area contributed by atoms with Gasteiger partial charge in [0.2, 0.25) is 0 Å². The van der Waals surface area contributed by atoms with Gasteiger partial charge in [-0.2, -0.15) is 10.1 Å². The van der Waals surface area contributed by atoms with E-state index in [1.807, 2.05) is 66.9 Å². The van der Waals surface area contributed by atoms with E-state index < -0.39 is 0 Å². The van der Waals surface area contributed by atoms with E-state index >= 15 is 0 Å². The summed E-state index contributed by atoms with van der Waals surface area (Å²) in [5.74, 6) is 0.231. The highest BCUT2D eigenvalue weighted by molar-refractivity contribution is 8.18. The molecule has 0 spiro atoms. The fourth-order valence-corrected chi connectivity index (χ4v) is 3.40. The van der Waals surface area contributed by atoms with Crippen LogP contribution in [0.5, 0.6) is 0 Å². The summed E-state index contributed by atoms with van der Waals surface area (Å²) in [6.07, 6.45) is 3.74. The zero-order valence-electron chi connectivity index (χ0n) is 13.5. The average molecular weight is 381 g/mol. The van der Waals surface area contributed by atoms with E-state index in [0.717, 1.165) is 34.3 Å². The fraction of sp³-hybridized carbons (Fsp3) is 0. The van der Waals surface area contributed by atoms with Gasteiger partial charge in [0.05, 0.1) is 16.3 Å². The lowest BCUT2D eigenvalue weighted by Crippen LogP contribution is -2.08. The SMILES string of the molecule is NC1=NC(=O)S/C1=C\c1cn(-c2ccccc2)nc1-c1ccc(Cl)cc1. The first-order chi connectivity index (χ1) is 12.6. The van der Waals surface area contributed by atoms with Crippen molar-refractivity contribution in [2.45, 2.75) is 0 Å². The van der Waals surface area contributed by atoms with Crippen LogP contribution < -0.4 is 5.73 Å². The third-order valence-electron chi connectivity index (χ3n) is 3.83. The number of amidine groups is 1. The molecule has 1 aliphatic rings. The minimum atomic E-state index is -0.308. The zero-order valence-corrected chi connectivity index (χ0v) is 15.0. The summed E-state index contributed by atoms with van der Waals surface area (Å²) in [5, 5.41) is 5.07. The number of nitrogens with two attached hydrogens (primary N) is 1. The molecular weight excluding hydrogens is 368 g/mol. The quantitative estimate of drug-likeness (QED) is 0.711. The molecule has 2 N–H and O–H groups in total. The minimum absolute atomic E-state index is 0.231. The van der Waals surface area contributed by atoms with Gasteiger partial charge in [-0.3, -0.25) is 4.79 Å². The van der Waals surface area contributed by atoms with Crippen LogP contribution >= 0.6 is 23.4 Å². The third kappa shape index (κ3) is 3.29. The van der Waals surface area contributed by atoms with Crippen molar-refractivity contribution in [1.82, 2.24) is 9.78 Å². The molecule has 1 aromatic heterocycles. The van der Waals surface area contributed by atoms with Gasteiger partial charge < -0.3 is 5.73 Å². The van der Waals surface area contributed by atoms with Crippen LogP contribution in [-0.2, 0) is 0 Å². The molecule has 0 saturated carbocycles. The Bertz CT molecular complexity index is 1040. The molecule has 2 aromatic carbocycles. The first-order valence-electron chi connectivity index (χ1n) is 7.79. The van der Waals surface area contributed by atoms with Crippen LogP contribution in [0.3, 0.4) is 0 Å². The highest BCUT2D eigenvalue weighted by atomic mass is 35.5. The van der Waals surface area contributed by atoms with Crippen LogP contribution in [0.15, 0.2) is 70.7 Å². The Kier molecular flexibility index (Phi) is 4.36. The molecule has 0 aliphatic carbocycles. The van der Waals surface area contributed by atoms with Crippen molar-refractivity contribution in [3.05, 3.63) is 76.3 Å². The predicted octanol–water partition coefficient (Wildman–Crippen LogP) is 4.76. The number of amides is 1. The zero-order chi connectivity index (χ0) is 18.1. The monoisotopic (exact) mass is 380 g/mol. The molecule has 0 atom stereocenters. The lowest BCUT2D eigenvalue weighted by Gasteiger charge is -2.01. The number of hydrogen-bond acceptors (Lipinski definition) is 4. The molecule has 5 nitrogen and oxygen atoms in total. The van der Waals surface area contributed by atoms with Crippen LogP contribution in [0, 0.1) is 0 Å². The second kappa shape index (κ2) is 6.82. The summed E-state index contributed by atoms with van der Waals surface area (Å²) >= 11 is 7.02. The van der Waals surface area contributed by atoms with Crippen LogP contribution in [0.2, 0.25) is 5.02 Å². The molecule has 0 radical (unpaired) electrons. The normalized spacial score (nSPS) is 15.5. The molecule has 4 rings (SSSR count). The van der Waals surface area contributed by atoms with E-state index in [1.165, 1.54) is 0 Å². The summed E-state index contributed by atoms with van der Waals surface area (Å²) in [6, 6.07) is 17.3. The first kappa shape index (κ1) is 16.6. The van der Waals surface area contributed by atoms with Crippen molar-refractivity contribution >= 4 is 40.5 Å². The molecule has 2 heterocycles. The van der Waals surface area contributed by atoms with Gasteiger partial charge in [-0.25, -0.2) is 4.68 Å². The summed E-state index contributed by atoms with van der Waals surface area (Å²) in [7, 11) is 0. The van der Waals surface area contributed by atoms with Gasteiger partial charge in [0.25, 0.3) is 0 Å². The molecular formula is C19H13ClN4OS. The highest BCUT2D eigenvalue weighted by Gasteiger charge is 2.20. The Balaban J connectivity index is 1.84. The standard InChI is InChI=1S/C19H13ClN4OS/c20-14-8-6-12(7-9-14)17-13(10-16-18(21)22-19(25)26-16)11-24(23-17)15-4-2-1-3-5-15/h1-11H,(H2,21,22,25)/b16-10-. The maximum Gasteiger partial charge on any atom is 0.311 e.